The van der Waals surface area contributed by atoms with E-state index in [1.165, 1.54) is 5.56 Å². The number of hydrogen-bond acceptors (Lipinski definition) is 2. The molecule has 0 bridgehead atoms. The van der Waals surface area contributed by atoms with E-state index in [1.54, 1.807) is 6.20 Å². The predicted molar refractivity (Wildman–Crippen MR) is 174 cm³/mol. The van der Waals surface area contributed by atoms with Crippen LogP contribution in [0.5, 0.6) is 0 Å². The van der Waals surface area contributed by atoms with Gasteiger partial charge in [-0.2, -0.15) is 12.1 Å². The smallest absolute Gasteiger partial charge is 0.408 e. The SMILES string of the molecule is CC(C)(C)c1ccnc(-c2[c-]cccc2)c1.[B].[CH3-].[Ir].[Y+3].[Y].[c-]1ccc(-c2[c-]c(-c3ccccn3)[c-]cc2)[c-]c1-c1[c-]cccc1. The average Bonchev–Trinajstić information content (AvgIpc) is 3.02. The van der Waals surface area contributed by atoms with Gasteiger partial charge in [-0.25, -0.2) is 42.0 Å². The van der Waals surface area contributed by atoms with Crippen LogP contribution in [-0.2, 0) is 90.9 Å². The fraction of sp³-hybridized carbons (Fsp3) is 0.103. The summed E-state index contributed by atoms with van der Waals surface area (Å²) in [7, 11) is 0. The minimum atomic E-state index is 0. The third-order valence-electron chi connectivity index (χ3n) is 6.28. The fourth-order valence-corrected chi connectivity index (χ4v) is 4.10. The largest absolute Gasteiger partial charge is 3.00 e. The molecule has 0 fully saturated rings. The van der Waals surface area contributed by atoms with Gasteiger partial charge in [0.25, 0.3) is 0 Å². The average molecular weight is 909 g/mol. The second kappa shape index (κ2) is 21.1. The van der Waals surface area contributed by atoms with Crippen molar-refractivity contribution in [2.75, 3.05) is 0 Å². The standard InChI is InChI=1S/C23H12N.C15H16N.CH3.B.Ir.2Y/c1-2-8-18(9-3-1)19-10-6-11-20(16-19)21-12-7-13-22(17-21)23-14-4-5-15-24-23;1-15(2,3)13-9-10-16-14(11-13)12-7-5-4-6-8-12;;;;;/h1-8,11-12,14-15H;4-7,9-11H,1-3H3;1H3;;;;/q-5;2*-1;;;;+3. The summed E-state index contributed by atoms with van der Waals surface area (Å²) in [6.07, 6.45) is 3.65. The molecular formula is C39H31BIrN2Y2-4. The number of nitrogens with zero attached hydrogens (tertiary/aromatic N) is 2. The monoisotopic (exact) mass is 909 g/mol. The Morgan fingerprint density at radius 2 is 1.11 bits per heavy atom. The second-order valence-electron chi connectivity index (χ2n) is 10.2. The Bertz CT molecular complexity index is 1600. The normalized spacial score (nSPS) is 9.67. The molecule has 4 aromatic carbocycles. The van der Waals surface area contributed by atoms with Crippen molar-refractivity contribution >= 4 is 8.41 Å². The molecular weight excluding hydrogens is 877 g/mol. The van der Waals surface area contributed by atoms with Crippen molar-refractivity contribution in [1.82, 2.24) is 9.97 Å². The van der Waals surface area contributed by atoms with Gasteiger partial charge in [-0.1, -0.05) is 38.6 Å². The van der Waals surface area contributed by atoms with Crippen molar-refractivity contribution in [3.05, 3.63) is 165 Å². The maximum absolute atomic E-state index is 4.39. The second-order valence-corrected chi connectivity index (χ2v) is 10.2. The topological polar surface area (TPSA) is 25.8 Å². The minimum absolute atomic E-state index is 0. The van der Waals surface area contributed by atoms with Gasteiger partial charge in [0, 0.05) is 73.6 Å². The van der Waals surface area contributed by atoms with Crippen molar-refractivity contribution in [3.63, 3.8) is 0 Å². The van der Waals surface area contributed by atoms with E-state index in [4.69, 9.17) is 0 Å². The van der Waals surface area contributed by atoms with Crippen molar-refractivity contribution in [2.24, 2.45) is 0 Å². The zero-order valence-electron chi connectivity index (χ0n) is 25.9. The molecule has 219 valence electrons. The summed E-state index contributed by atoms with van der Waals surface area (Å²) >= 11 is 0. The van der Waals surface area contributed by atoms with Gasteiger partial charge in [0.1, 0.15) is 0 Å². The zero-order chi connectivity index (χ0) is 27.8. The van der Waals surface area contributed by atoms with E-state index in [0.717, 1.165) is 44.8 Å². The van der Waals surface area contributed by atoms with Crippen LogP contribution in [0, 0.1) is 43.8 Å². The van der Waals surface area contributed by atoms with Crippen molar-refractivity contribution in [3.8, 4) is 44.8 Å². The van der Waals surface area contributed by atoms with Gasteiger partial charge in [0.2, 0.25) is 0 Å². The summed E-state index contributed by atoms with van der Waals surface area (Å²) in [6.45, 7) is 6.63. The number of hydrogen-bond donors (Lipinski definition) is 0. The maximum atomic E-state index is 4.39. The van der Waals surface area contributed by atoms with Gasteiger partial charge < -0.3 is 46.2 Å². The molecule has 2 nitrogen and oxygen atoms in total. The van der Waals surface area contributed by atoms with Crippen LogP contribution in [-0.4, -0.2) is 18.4 Å². The number of benzene rings is 4. The van der Waals surface area contributed by atoms with E-state index in [1.807, 2.05) is 97.2 Å². The first kappa shape index (κ1) is 43.1. The van der Waals surface area contributed by atoms with Crippen LogP contribution in [0.2, 0.25) is 0 Å². The molecule has 0 saturated carbocycles. The molecule has 0 aliphatic heterocycles. The fourth-order valence-electron chi connectivity index (χ4n) is 4.10. The first-order valence-electron chi connectivity index (χ1n) is 13.2. The molecule has 0 aliphatic carbocycles. The van der Waals surface area contributed by atoms with Crippen LogP contribution in [0.25, 0.3) is 44.8 Å². The van der Waals surface area contributed by atoms with Crippen molar-refractivity contribution < 1.29 is 85.5 Å². The van der Waals surface area contributed by atoms with E-state index in [0.29, 0.717) is 0 Å². The molecule has 2 heterocycles. The van der Waals surface area contributed by atoms with Gasteiger partial charge in [-0.15, -0.1) is 48.0 Å². The minimum Gasteiger partial charge on any atom is -0.408 e. The first-order valence-corrected chi connectivity index (χ1v) is 13.2. The molecule has 6 heteroatoms. The Kier molecular flexibility index (Phi) is 20.2. The molecule has 0 aliphatic rings. The number of pyridine rings is 2. The van der Waals surface area contributed by atoms with Crippen LogP contribution in [0.15, 0.2) is 116 Å². The first-order chi connectivity index (χ1) is 19.5. The van der Waals surface area contributed by atoms with Crippen LogP contribution < -0.4 is 0 Å². The van der Waals surface area contributed by atoms with Crippen LogP contribution in [0.4, 0.5) is 0 Å². The van der Waals surface area contributed by atoms with E-state index in [9.17, 15) is 0 Å². The van der Waals surface area contributed by atoms with Gasteiger partial charge >= 0.3 is 32.7 Å². The summed E-state index contributed by atoms with van der Waals surface area (Å²) < 4.78 is 0. The van der Waals surface area contributed by atoms with Crippen molar-refractivity contribution in [1.29, 1.82) is 0 Å². The van der Waals surface area contributed by atoms with E-state index >= 15 is 0 Å². The van der Waals surface area contributed by atoms with Gasteiger partial charge in [-0.3, -0.25) is 17.7 Å². The number of aromatic nitrogens is 2. The summed E-state index contributed by atoms with van der Waals surface area (Å²) in [5.41, 5.74) is 9.01. The Labute approximate surface area is 336 Å². The van der Waals surface area contributed by atoms with E-state index in [2.05, 4.69) is 79.3 Å². The van der Waals surface area contributed by atoms with E-state index in [-0.39, 0.29) is 107 Å². The molecule has 0 unspecified atom stereocenters. The van der Waals surface area contributed by atoms with Crippen LogP contribution in [0.1, 0.15) is 26.3 Å². The third kappa shape index (κ3) is 12.3. The molecule has 0 N–H and O–H groups in total. The molecule has 0 saturated heterocycles. The van der Waals surface area contributed by atoms with E-state index < -0.39 is 0 Å². The Morgan fingerprint density at radius 1 is 0.556 bits per heavy atom. The van der Waals surface area contributed by atoms with Crippen LogP contribution >= 0.6 is 0 Å². The summed E-state index contributed by atoms with van der Waals surface area (Å²) in [5, 5.41) is 0. The molecule has 0 amide bonds. The molecule has 5 radical (unpaired) electrons. The van der Waals surface area contributed by atoms with Gasteiger partial charge in [-0.05, 0) is 28.8 Å². The maximum Gasteiger partial charge on any atom is 3.00 e. The molecule has 45 heavy (non-hydrogen) atoms. The number of rotatable bonds is 4. The molecule has 0 atom stereocenters. The Hall–Kier alpha value is -1.90. The predicted octanol–water partition coefficient (Wildman–Crippen LogP) is 8.99. The van der Waals surface area contributed by atoms with Crippen molar-refractivity contribution in [2.45, 2.75) is 26.2 Å². The Morgan fingerprint density at radius 3 is 1.67 bits per heavy atom. The quantitative estimate of drug-likeness (QED) is 0.131. The molecule has 6 aromatic rings. The molecule has 0 spiro atoms. The summed E-state index contributed by atoms with van der Waals surface area (Å²) in [5.74, 6) is 0. The summed E-state index contributed by atoms with van der Waals surface area (Å²) in [6, 6.07) is 53.2. The molecule has 6 rings (SSSR count). The molecule has 2 aromatic heterocycles. The van der Waals surface area contributed by atoms with Gasteiger partial charge in [0.15, 0.2) is 0 Å². The third-order valence-corrected chi connectivity index (χ3v) is 6.28. The van der Waals surface area contributed by atoms with Crippen LogP contribution in [0.3, 0.4) is 0 Å². The zero-order valence-corrected chi connectivity index (χ0v) is 34.0. The summed E-state index contributed by atoms with van der Waals surface area (Å²) in [4.78, 5) is 8.76. The Balaban J connectivity index is 0.000000824. The van der Waals surface area contributed by atoms with Gasteiger partial charge in [0.05, 0.1) is 0 Å².